The number of nitrogens with zero attached hydrogens (tertiary/aromatic N) is 1. The lowest BCUT2D eigenvalue weighted by molar-refractivity contribution is 0.411. The predicted molar refractivity (Wildman–Crippen MR) is 74.3 cm³/mol. The number of nitrogens with one attached hydrogen (secondary N) is 2. The molecule has 4 N–H and O–H groups in total. The molecule has 108 valence electrons. The van der Waals surface area contributed by atoms with Gasteiger partial charge in [-0.2, -0.15) is 0 Å². The van der Waals surface area contributed by atoms with E-state index in [1.165, 1.54) is 6.26 Å². The van der Waals surface area contributed by atoms with Crippen LogP contribution in [0.3, 0.4) is 0 Å². The molecule has 0 spiro atoms. The number of hydrogen-bond donors (Lipinski definition) is 3. The first-order chi connectivity index (χ1) is 9.44. The topological polar surface area (TPSA) is 110 Å². The lowest BCUT2D eigenvalue weighted by Crippen LogP contribution is -2.25. The quantitative estimate of drug-likeness (QED) is 0.562. The summed E-state index contributed by atoms with van der Waals surface area (Å²) in [7, 11) is -3.62. The van der Waals surface area contributed by atoms with Crippen molar-refractivity contribution in [3.63, 3.8) is 0 Å². The molecule has 0 atom stereocenters. The van der Waals surface area contributed by atoms with Crippen molar-refractivity contribution in [2.45, 2.75) is 25.3 Å². The Morgan fingerprint density at radius 1 is 1.30 bits per heavy atom. The second-order valence-electron chi connectivity index (χ2n) is 4.40. The number of aromatic nitrogens is 1. The molecule has 0 aliphatic rings. The maximum Gasteiger partial charge on any atom is 0.241 e. The van der Waals surface area contributed by atoms with Crippen molar-refractivity contribution in [3.05, 3.63) is 41.3 Å². The first-order valence-electron chi connectivity index (χ1n) is 5.91. The molecule has 8 heteroatoms. The van der Waals surface area contributed by atoms with E-state index in [4.69, 9.17) is 5.84 Å². The van der Waals surface area contributed by atoms with Gasteiger partial charge in [-0.05, 0) is 37.1 Å². The van der Waals surface area contributed by atoms with Gasteiger partial charge >= 0.3 is 0 Å². The molecule has 0 fully saturated rings. The Balaban J connectivity index is 2.29. The second kappa shape index (κ2) is 5.61. The van der Waals surface area contributed by atoms with Gasteiger partial charge in [-0.1, -0.05) is 5.16 Å². The minimum atomic E-state index is -3.62. The summed E-state index contributed by atoms with van der Waals surface area (Å²) in [5.41, 5.74) is 4.92. The predicted octanol–water partition coefficient (Wildman–Crippen LogP) is 1.06. The molecule has 0 bridgehead atoms. The number of nitrogens with two attached hydrogens (primary N) is 1. The molecule has 0 amide bonds. The van der Waals surface area contributed by atoms with E-state index in [-0.39, 0.29) is 11.4 Å². The maximum atomic E-state index is 12.3. The molecule has 1 aromatic heterocycles. The minimum Gasteiger partial charge on any atom is -0.364 e. The lowest BCUT2D eigenvalue weighted by atomic mass is 10.1. The molecular formula is C12H16N4O3S. The van der Waals surface area contributed by atoms with Crippen molar-refractivity contribution >= 4 is 15.7 Å². The molecule has 0 saturated carbocycles. The average Bonchev–Trinajstić information content (AvgIpc) is 2.88. The molecule has 2 aromatic rings. The number of hydrogen-bond acceptors (Lipinski definition) is 6. The molecule has 0 aliphatic carbocycles. The van der Waals surface area contributed by atoms with Crippen LogP contribution in [0.15, 0.2) is 33.9 Å². The Hall–Kier alpha value is -1.90. The normalized spacial score (nSPS) is 11.6. The van der Waals surface area contributed by atoms with Gasteiger partial charge in [0, 0.05) is 11.8 Å². The van der Waals surface area contributed by atoms with Crippen LogP contribution in [0.4, 0.5) is 5.69 Å². The van der Waals surface area contributed by atoms with Crippen molar-refractivity contribution in [2.24, 2.45) is 5.84 Å². The minimum absolute atomic E-state index is 0.0780. The van der Waals surface area contributed by atoms with Gasteiger partial charge in [-0.25, -0.2) is 13.1 Å². The van der Waals surface area contributed by atoms with Crippen LogP contribution >= 0.6 is 0 Å². The van der Waals surface area contributed by atoms with Crippen LogP contribution in [0.2, 0.25) is 0 Å². The third kappa shape index (κ3) is 2.98. The Kier molecular flexibility index (Phi) is 4.07. The van der Waals surface area contributed by atoms with E-state index >= 15 is 0 Å². The number of hydrazine groups is 1. The number of benzene rings is 1. The van der Waals surface area contributed by atoms with Crippen LogP contribution in [0, 0.1) is 13.8 Å². The molecular weight excluding hydrogens is 280 g/mol. The van der Waals surface area contributed by atoms with Crippen LogP contribution in [0.25, 0.3) is 0 Å². The number of rotatable bonds is 5. The number of anilines is 1. The molecule has 0 radical (unpaired) electrons. The van der Waals surface area contributed by atoms with E-state index in [2.05, 4.69) is 19.8 Å². The molecule has 2 rings (SSSR count). The van der Waals surface area contributed by atoms with E-state index in [0.29, 0.717) is 22.5 Å². The van der Waals surface area contributed by atoms with Crippen LogP contribution in [0.1, 0.15) is 16.8 Å². The van der Waals surface area contributed by atoms with E-state index in [9.17, 15) is 8.42 Å². The number of sulfonamides is 1. The number of nitrogen functional groups attached to an aromatic ring is 1. The molecule has 7 nitrogen and oxygen atoms in total. The summed E-state index contributed by atoms with van der Waals surface area (Å²) >= 11 is 0. The number of aryl methyl sites for hydroxylation is 2. The Bertz CT molecular complexity index is 672. The summed E-state index contributed by atoms with van der Waals surface area (Å²) < 4.78 is 31.8. The highest BCUT2D eigenvalue weighted by atomic mass is 32.2. The lowest BCUT2D eigenvalue weighted by Gasteiger charge is -2.13. The second-order valence-corrected chi connectivity index (χ2v) is 6.10. The molecule has 0 unspecified atom stereocenters. The fraction of sp³-hybridized carbons (Fsp3) is 0.250. The molecule has 1 aromatic carbocycles. The van der Waals surface area contributed by atoms with Crippen molar-refractivity contribution in [1.82, 2.24) is 9.88 Å². The summed E-state index contributed by atoms with van der Waals surface area (Å²) in [6.07, 6.45) is 1.39. The largest absolute Gasteiger partial charge is 0.364 e. The zero-order valence-electron chi connectivity index (χ0n) is 11.2. The van der Waals surface area contributed by atoms with Gasteiger partial charge < -0.3 is 9.95 Å². The van der Waals surface area contributed by atoms with Crippen LogP contribution in [-0.2, 0) is 16.6 Å². The SMILES string of the molecule is Cc1cc(NN)cc(C)c1S(=O)(=O)NCc1ccon1. The molecule has 20 heavy (non-hydrogen) atoms. The van der Waals surface area contributed by atoms with Gasteiger partial charge in [0.15, 0.2) is 0 Å². The van der Waals surface area contributed by atoms with Crippen molar-refractivity contribution < 1.29 is 12.9 Å². The first kappa shape index (κ1) is 14.5. The standard InChI is InChI=1S/C12H16N4O3S/c1-8-5-11(15-13)6-9(2)12(8)20(17,18)14-7-10-3-4-19-16-10/h3-6,14-15H,7,13H2,1-2H3. The van der Waals surface area contributed by atoms with Crippen LogP contribution in [0.5, 0.6) is 0 Å². The smallest absolute Gasteiger partial charge is 0.241 e. The summed E-state index contributed by atoms with van der Waals surface area (Å²) in [6.45, 7) is 3.52. The third-order valence-electron chi connectivity index (χ3n) is 2.83. The van der Waals surface area contributed by atoms with Crippen molar-refractivity contribution in [3.8, 4) is 0 Å². The summed E-state index contributed by atoms with van der Waals surface area (Å²) in [4.78, 5) is 0.250. The monoisotopic (exact) mass is 296 g/mol. The Morgan fingerprint density at radius 2 is 1.95 bits per heavy atom. The highest BCUT2D eigenvalue weighted by molar-refractivity contribution is 7.89. The zero-order chi connectivity index (χ0) is 14.8. The van der Waals surface area contributed by atoms with Gasteiger partial charge in [-0.15, -0.1) is 0 Å². The maximum absolute atomic E-state index is 12.3. The van der Waals surface area contributed by atoms with Crippen molar-refractivity contribution in [2.75, 3.05) is 5.43 Å². The highest BCUT2D eigenvalue weighted by Crippen LogP contribution is 2.24. The average molecular weight is 296 g/mol. The van der Waals surface area contributed by atoms with Gasteiger partial charge in [0.1, 0.15) is 6.26 Å². The van der Waals surface area contributed by atoms with Crippen LogP contribution < -0.4 is 16.0 Å². The van der Waals surface area contributed by atoms with Gasteiger partial charge in [0.2, 0.25) is 10.0 Å². The molecule has 0 aliphatic heterocycles. The zero-order valence-corrected chi connectivity index (χ0v) is 12.0. The summed E-state index contributed by atoms with van der Waals surface area (Å²) in [5.74, 6) is 5.34. The van der Waals surface area contributed by atoms with Gasteiger partial charge in [0.25, 0.3) is 0 Å². The third-order valence-corrected chi connectivity index (χ3v) is 4.54. The highest BCUT2D eigenvalue weighted by Gasteiger charge is 2.20. The van der Waals surface area contributed by atoms with Gasteiger partial charge in [0.05, 0.1) is 17.1 Å². The Morgan fingerprint density at radius 3 is 2.45 bits per heavy atom. The first-order valence-corrected chi connectivity index (χ1v) is 7.39. The summed E-state index contributed by atoms with van der Waals surface area (Å²) in [6, 6.07) is 4.96. The fourth-order valence-electron chi connectivity index (χ4n) is 2.03. The Labute approximate surface area is 117 Å². The van der Waals surface area contributed by atoms with Crippen LogP contribution in [-0.4, -0.2) is 13.6 Å². The van der Waals surface area contributed by atoms with E-state index in [0.717, 1.165) is 0 Å². The molecule has 0 saturated heterocycles. The molecule has 1 heterocycles. The van der Waals surface area contributed by atoms with Gasteiger partial charge in [-0.3, -0.25) is 5.84 Å². The summed E-state index contributed by atoms with van der Waals surface area (Å²) in [5, 5.41) is 3.66. The van der Waals surface area contributed by atoms with E-state index in [1.807, 2.05) is 0 Å². The fourth-order valence-corrected chi connectivity index (χ4v) is 3.48. The van der Waals surface area contributed by atoms with E-state index < -0.39 is 10.0 Å². The van der Waals surface area contributed by atoms with E-state index in [1.54, 1.807) is 32.0 Å². The van der Waals surface area contributed by atoms with Crippen molar-refractivity contribution in [1.29, 1.82) is 0 Å².